The molecule has 0 aliphatic rings. The average Bonchev–Trinajstić information content (AvgIpc) is 2.45. The third kappa shape index (κ3) is 4.44. The standard InChI is InChI=1S/C15H24N4O2/c1-5-19(6-2)15(21)12-9-11(7-8-17-12)18-13(10(3)4)14(16)20/h7-10,13H,5-6H2,1-4H3,(H2,16,20)(H,17,18). The van der Waals surface area contributed by atoms with Gasteiger partial charge in [0, 0.05) is 25.0 Å². The van der Waals surface area contributed by atoms with Crippen LogP contribution < -0.4 is 11.1 Å². The third-order valence-electron chi connectivity index (χ3n) is 3.33. The molecule has 0 aliphatic carbocycles. The van der Waals surface area contributed by atoms with E-state index >= 15 is 0 Å². The van der Waals surface area contributed by atoms with E-state index in [2.05, 4.69) is 10.3 Å². The second-order valence-electron chi connectivity index (χ2n) is 5.18. The molecule has 0 saturated heterocycles. The van der Waals surface area contributed by atoms with Gasteiger partial charge in [0.05, 0.1) is 0 Å². The molecule has 6 heteroatoms. The first-order chi connectivity index (χ1) is 9.90. The van der Waals surface area contributed by atoms with E-state index in [1.54, 1.807) is 23.2 Å². The maximum Gasteiger partial charge on any atom is 0.272 e. The highest BCUT2D eigenvalue weighted by Gasteiger charge is 2.20. The van der Waals surface area contributed by atoms with Crippen molar-refractivity contribution in [2.75, 3.05) is 18.4 Å². The van der Waals surface area contributed by atoms with Crippen LogP contribution in [0, 0.1) is 5.92 Å². The van der Waals surface area contributed by atoms with Gasteiger partial charge in [0.15, 0.2) is 0 Å². The van der Waals surface area contributed by atoms with Crippen LogP contribution in [0.15, 0.2) is 18.3 Å². The Hall–Kier alpha value is -2.11. The van der Waals surface area contributed by atoms with E-state index in [0.717, 1.165) is 0 Å². The molecule has 3 N–H and O–H groups in total. The Bertz CT molecular complexity index is 498. The number of primary amides is 1. The molecule has 6 nitrogen and oxygen atoms in total. The molecule has 0 spiro atoms. The largest absolute Gasteiger partial charge is 0.373 e. The first-order valence-corrected chi connectivity index (χ1v) is 7.21. The molecule has 1 aromatic rings. The van der Waals surface area contributed by atoms with E-state index in [4.69, 9.17) is 5.73 Å². The van der Waals surface area contributed by atoms with Crippen LogP contribution in [0.2, 0.25) is 0 Å². The number of nitrogens with two attached hydrogens (primary N) is 1. The quantitative estimate of drug-likeness (QED) is 0.797. The molecule has 0 aromatic carbocycles. The van der Waals surface area contributed by atoms with Crippen molar-refractivity contribution in [1.29, 1.82) is 0 Å². The predicted molar refractivity (Wildman–Crippen MR) is 82.9 cm³/mol. The van der Waals surface area contributed by atoms with Crippen molar-refractivity contribution in [3.8, 4) is 0 Å². The predicted octanol–water partition coefficient (Wildman–Crippen LogP) is 1.49. The first-order valence-electron chi connectivity index (χ1n) is 7.21. The van der Waals surface area contributed by atoms with E-state index in [-0.39, 0.29) is 11.8 Å². The molecule has 1 rings (SSSR count). The minimum Gasteiger partial charge on any atom is -0.373 e. The van der Waals surface area contributed by atoms with E-state index in [1.165, 1.54) is 0 Å². The molecule has 116 valence electrons. The number of nitrogens with one attached hydrogen (secondary N) is 1. The van der Waals surface area contributed by atoms with Crippen LogP contribution in [0.25, 0.3) is 0 Å². The fourth-order valence-corrected chi connectivity index (χ4v) is 2.06. The number of amides is 2. The van der Waals surface area contributed by atoms with Gasteiger partial charge in [0.2, 0.25) is 5.91 Å². The van der Waals surface area contributed by atoms with Gasteiger partial charge in [-0.05, 0) is 31.9 Å². The van der Waals surface area contributed by atoms with Crippen molar-refractivity contribution >= 4 is 17.5 Å². The topological polar surface area (TPSA) is 88.3 Å². The zero-order valence-corrected chi connectivity index (χ0v) is 13.1. The van der Waals surface area contributed by atoms with Gasteiger partial charge in [0.25, 0.3) is 5.91 Å². The zero-order valence-electron chi connectivity index (χ0n) is 13.1. The molecule has 0 aliphatic heterocycles. The van der Waals surface area contributed by atoms with Crippen LogP contribution in [0.1, 0.15) is 38.2 Å². The second-order valence-corrected chi connectivity index (χ2v) is 5.18. The van der Waals surface area contributed by atoms with Gasteiger partial charge in [-0.25, -0.2) is 0 Å². The molecule has 2 amide bonds. The zero-order chi connectivity index (χ0) is 16.0. The number of pyridine rings is 1. The number of carbonyl (C=O) groups is 2. The summed E-state index contributed by atoms with van der Waals surface area (Å²) in [6.45, 7) is 8.92. The van der Waals surface area contributed by atoms with Gasteiger partial charge in [-0.3, -0.25) is 14.6 Å². The monoisotopic (exact) mass is 292 g/mol. The van der Waals surface area contributed by atoms with Crippen LogP contribution in [0.5, 0.6) is 0 Å². The summed E-state index contributed by atoms with van der Waals surface area (Å²) < 4.78 is 0. The Kier molecular flexibility index (Phi) is 6.14. The summed E-state index contributed by atoms with van der Waals surface area (Å²) in [5, 5.41) is 3.06. The summed E-state index contributed by atoms with van der Waals surface area (Å²) in [5.74, 6) is -0.486. The molecule has 0 saturated carbocycles. The van der Waals surface area contributed by atoms with Crippen molar-refractivity contribution in [2.24, 2.45) is 11.7 Å². The summed E-state index contributed by atoms with van der Waals surface area (Å²) in [6.07, 6.45) is 1.55. The fourth-order valence-electron chi connectivity index (χ4n) is 2.06. The Labute approximate surface area is 125 Å². The molecule has 1 atom stereocenters. The number of hydrogen-bond acceptors (Lipinski definition) is 4. The van der Waals surface area contributed by atoms with Gasteiger partial charge >= 0.3 is 0 Å². The molecule has 21 heavy (non-hydrogen) atoms. The van der Waals surface area contributed by atoms with Gasteiger partial charge in [-0.15, -0.1) is 0 Å². The third-order valence-corrected chi connectivity index (χ3v) is 3.33. The lowest BCUT2D eigenvalue weighted by Gasteiger charge is -2.21. The number of anilines is 1. The van der Waals surface area contributed by atoms with Crippen molar-refractivity contribution < 1.29 is 9.59 Å². The molecule has 1 unspecified atom stereocenters. The number of rotatable bonds is 7. The number of hydrogen-bond donors (Lipinski definition) is 2. The fraction of sp³-hybridized carbons (Fsp3) is 0.533. The van der Waals surface area contributed by atoms with Gasteiger partial charge in [0.1, 0.15) is 11.7 Å². The Morgan fingerprint density at radius 3 is 2.43 bits per heavy atom. The molecular weight excluding hydrogens is 268 g/mol. The van der Waals surface area contributed by atoms with Crippen LogP contribution in [0.3, 0.4) is 0 Å². The maximum absolute atomic E-state index is 12.3. The molecule has 0 fully saturated rings. The summed E-state index contributed by atoms with van der Waals surface area (Å²) in [7, 11) is 0. The highest BCUT2D eigenvalue weighted by Crippen LogP contribution is 2.14. The highest BCUT2D eigenvalue weighted by molar-refractivity contribution is 5.93. The normalized spacial score (nSPS) is 12.0. The van der Waals surface area contributed by atoms with Crippen LogP contribution in [-0.4, -0.2) is 40.8 Å². The van der Waals surface area contributed by atoms with Crippen molar-refractivity contribution in [3.63, 3.8) is 0 Å². The molecule has 0 bridgehead atoms. The number of aromatic nitrogens is 1. The number of nitrogens with zero attached hydrogens (tertiary/aromatic N) is 2. The maximum atomic E-state index is 12.3. The van der Waals surface area contributed by atoms with Crippen LogP contribution in [0.4, 0.5) is 5.69 Å². The average molecular weight is 292 g/mol. The van der Waals surface area contributed by atoms with Crippen molar-refractivity contribution in [3.05, 3.63) is 24.0 Å². The van der Waals surface area contributed by atoms with Gasteiger partial charge in [-0.2, -0.15) is 0 Å². The van der Waals surface area contributed by atoms with Crippen LogP contribution in [-0.2, 0) is 4.79 Å². The van der Waals surface area contributed by atoms with E-state index in [1.807, 2.05) is 27.7 Å². The summed E-state index contributed by atoms with van der Waals surface area (Å²) in [6, 6.07) is 2.89. The second kappa shape index (κ2) is 7.61. The lowest BCUT2D eigenvalue weighted by molar-refractivity contribution is -0.119. The van der Waals surface area contributed by atoms with E-state index in [9.17, 15) is 9.59 Å². The lowest BCUT2D eigenvalue weighted by atomic mass is 10.0. The van der Waals surface area contributed by atoms with Crippen molar-refractivity contribution in [2.45, 2.75) is 33.7 Å². The molecular formula is C15H24N4O2. The SMILES string of the molecule is CCN(CC)C(=O)c1cc(NC(C(N)=O)C(C)C)ccn1. The first kappa shape index (κ1) is 16.9. The molecule has 0 radical (unpaired) electrons. The Morgan fingerprint density at radius 1 is 1.33 bits per heavy atom. The van der Waals surface area contributed by atoms with E-state index in [0.29, 0.717) is 24.5 Å². The van der Waals surface area contributed by atoms with Crippen molar-refractivity contribution in [1.82, 2.24) is 9.88 Å². The molecule has 1 heterocycles. The van der Waals surface area contributed by atoms with E-state index < -0.39 is 11.9 Å². The Morgan fingerprint density at radius 2 is 1.95 bits per heavy atom. The minimum absolute atomic E-state index is 0.0533. The van der Waals surface area contributed by atoms with Gasteiger partial charge < -0.3 is 16.0 Å². The number of carbonyl (C=O) groups excluding carboxylic acids is 2. The minimum atomic E-state index is -0.483. The highest BCUT2D eigenvalue weighted by atomic mass is 16.2. The lowest BCUT2D eigenvalue weighted by Crippen LogP contribution is -2.39. The smallest absolute Gasteiger partial charge is 0.272 e. The molecule has 1 aromatic heterocycles. The summed E-state index contributed by atoms with van der Waals surface area (Å²) in [5.41, 5.74) is 6.40. The Balaban J connectivity index is 2.95. The summed E-state index contributed by atoms with van der Waals surface area (Å²) in [4.78, 5) is 29.5. The van der Waals surface area contributed by atoms with Gasteiger partial charge in [-0.1, -0.05) is 13.8 Å². The van der Waals surface area contributed by atoms with Crippen LogP contribution >= 0.6 is 0 Å². The summed E-state index contributed by atoms with van der Waals surface area (Å²) >= 11 is 0.